The fourth-order valence-corrected chi connectivity index (χ4v) is 5.99. The van der Waals surface area contributed by atoms with E-state index in [1.54, 1.807) is 0 Å². The summed E-state index contributed by atoms with van der Waals surface area (Å²) in [6.45, 7) is 14.6. The average molecular weight is 693 g/mol. The first-order chi connectivity index (χ1) is 24.6. The van der Waals surface area contributed by atoms with Crippen LogP contribution in [0.4, 0.5) is 0 Å². The van der Waals surface area contributed by atoms with Crippen molar-refractivity contribution in [3.63, 3.8) is 0 Å². The smallest absolute Gasteiger partial charge is 0.180 e. The van der Waals surface area contributed by atoms with Crippen molar-refractivity contribution in [3.05, 3.63) is 101 Å². The molecule has 0 unspecified atom stereocenters. The van der Waals surface area contributed by atoms with Gasteiger partial charge in [-0.05, 0) is 99.7 Å². The van der Waals surface area contributed by atoms with E-state index in [1.807, 2.05) is 61.4 Å². The van der Waals surface area contributed by atoms with Gasteiger partial charge in [0.1, 0.15) is 17.2 Å². The molecule has 0 bridgehead atoms. The molecular weight excluding hydrogens is 637 g/mol. The number of H-pyrrole nitrogens is 1. The van der Waals surface area contributed by atoms with Gasteiger partial charge in [-0.25, -0.2) is 4.68 Å². The summed E-state index contributed by atoms with van der Waals surface area (Å²) in [6.07, 6.45) is 4.03. The second kappa shape index (κ2) is 18.1. The summed E-state index contributed by atoms with van der Waals surface area (Å²) in [5.74, 6) is 3.01. The highest BCUT2D eigenvalue weighted by Gasteiger charge is 2.17. The van der Waals surface area contributed by atoms with E-state index in [0.717, 1.165) is 73.1 Å². The number of nitrogens with one attached hydrogen (secondary N) is 3. The maximum Gasteiger partial charge on any atom is 0.180 e. The van der Waals surface area contributed by atoms with Crippen LogP contribution in [0.3, 0.4) is 0 Å². The minimum atomic E-state index is 0.281. The highest BCUT2D eigenvalue weighted by atomic mass is 16.5. The quantitative estimate of drug-likeness (QED) is 0.0829. The average Bonchev–Trinajstić information content (AvgIpc) is 3.76. The Morgan fingerprint density at radius 2 is 1.37 bits per heavy atom. The highest BCUT2D eigenvalue weighted by Crippen LogP contribution is 2.32. The Kier molecular flexibility index (Phi) is 13.4. The van der Waals surface area contributed by atoms with Crippen LogP contribution >= 0.6 is 0 Å². The van der Waals surface area contributed by atoms with Crippen molar-refractivity contribution in [3.8, 4) is 39.8 Å². The number of benzene rings is 3. The molecule has 10 heteroatoms. The summed E-state index contributed by atoms with van der Waals surface area (Å²) in [5.41, 5.74) is 9.25. The Hall–Kier alpha value is -4.48. The SMILES string of the molecule is CNCCN(C)Cc1cn(COc2cccc(Oc3ccc(-c4[nH]ncc4CN(C)CCNC)cc3)c2)nc1-c1cc(C(C)C)cc(C(C)C)c1. The lowest BCUT2D eigenvalue weighted by Crippen LogP contribution is -2.27. The summed E-state index contributed by atoms with van der Waals surface area (Å²) in [7, 11) is 8.23. The minimum Gasteiger partial charge on any atom is -0.471 e. The number of nitrogens with zero attached hydrogens (tertiary/aromatic N) is 5. The molecule has 51 heavy (non-hydrogen) atoms. The minimum absolute atomic E-state index is 0.281. The van der Waals surface area contributed by atoms with Crippen LogP contribution in [0.15, 0.2) is 79.1 Å². The molecule has 0 saturated heterocycles. The van der Waals surface area contributed by atoms with Crippen molar-refractivity contribution >= 4 is 0 Å². The topological polar surface area (TPSA) is 95.5 Å². The molecule has 5 rings (SSSR count). The van der Waals surface area contributed by atoms with E-state index in [-0.39, 0.29) is 6.73 Å². The van der Waals surface area contributed by atoms with Gasteiger partial charge in [0.05, 0.1) is 17.6 Å². The monoisotopic (exact) mass is 692 g/mol. The van der Waals surface area contributed by atoms with Crippen LogP contribution in [0.5, 0.6) is 17.2 Å². The third-order valence-electron chi connectivity index (χ3n) is 9.06. The molecule has 5 aromatic rings. The molecule has 3 aromatic carbocycles. The van der Waals surface area contributed by atoms with Crippen LogP contribution in [-0.2, 0) is 19.8 Å². The van der Waals surface area contributed by atoms with Crippen LogP contribution in [0.1, 0.15) is 61.8 Å². The van der Waals surface area contributed by atoms with Crippen LogP contribution in [-0.4, -0.2) is 84.1 Å². The van der Waals surface area contributed by atoms with Crippen molar-refractivity contribution in [2.45, 2.75) is 59.4 Å². The number of hydrogen-bond donors (Lipinski definition) is 3. The predicted molar refractivity (Wildman–Crippen MR) is 208 cm³/mol. The second-order valence-electron chi connectivity index (χ2n) is 14.1. The molecule has 2 heterocycles. The fraction of sp³-hybridized carbons (Fsp3) is 0.415. The zero-order valence-electron chi connectivity index (χ0n) is 31.7. The summed E-state index contributed by atoms with van der Waals surface area (Å²) in [4.78, 5) is 4.60. The molecular formula is C41H56N8O2. The highest BCUT2D eigenvalue weighted by molar-refractivity contribution is 5.65. The Balaban J connectivity index is 1.29. The maximum absolute atomic E-state index is 6.28. The van der Waals surface area contributed by atoms with Crippen LogP contribution in [0, 0.1) is 0 Å². The van der Waals surface area contributed by atoms with Gasteiger partial charge in [-0.15, -0.1) is 0 Å². The number of ether oxygens (including phenoxy) is 2. The molecule has 0 aliphatic carbocycles. The lowest BCUT2D eigenvalue weighted by atomic mass is 9.91. The molecule has 10 nitrogen and oxygen atoms in total. The van der Waals surface area contributed by atoms with E-state index in [9.17, 15) is 0 Å². The standard InChI is InChI=1S/C41H56N8O2/c1-29(2)32-20-33(30(3)4)22-34(21-32)41-36(26-48(8)19-17-43-6)27-49(46-41)28-50-38-10-9-11-39(23-38)51-37-14-12-31(13-15-37)40-35(24-44-45-40)25-47(7)18-16-42-5/h9-15,20-24,27,29-30,42-43H,16-19,25-26,28H2,1-8H3,(H,44,45). The number of aromatic nitrogens is 4. The van der Waals surface area contributed by atoms with Crippen molar-refractivity contribution in [2.75, 3.05) is 54.4 Å². The molecule has 0 aliphatic heterocycles. The van der Waals surface area contributed by atoms with E-state index in [0.29, 0.717) is 23.3 Å². The van der Waals surface area contributed by atoms with Crippen LogP contribution < -0.4 is 20.1 Å². The predicted octanol–water partition coefficient (Wildman–Crippen LogP) is 7.32. The Morgan fingerprint density at radius 1 is 0.745 bits per heavy atom. The largest absolute Gasteiger partial charge is 0.471 e. The van der Waals surface area contributed by atoms with E-state index < -0.39 is 0 Å². The lowest BCUT2D eigenvalue weighted by molar-refractivity contribution is 0.220. The van der Waals surface area contributed by atoms with Crippen molar-refractivity contribution in [1.82, 2.24) is 40.4 Å². The second-order valence-corrected chi connectivity index (χ2v) is 14.1. The van der Waals surface area contributed by atoms with E-state index >= 15 is 0 Å². The molecule has 0 atom stereocenters. The molecule has 0 fully saturated rings. The molecule has 0 amide bonds. The lowest BCUT2D eigenvalue weighted by Gasteiger charge is -2.17. The summed E-state index contributed by atoms with van der Waals surface area (Å²) >= 11 is 0. The number of rotatable bonds is 19. The zero-order chi connectivity index (χ0) is 36.3. The fourth-order valence-electron chi connectivity index (χ4n) is 5.99. The summed E-state index contributed by atoms with van der Waals surface area (Å²) < 4.78 is 14.4. The third kappa shape index (κ3) is 10.5. The van der Waals surface area contributed by atoms with Crippen LogP contribution in [0.2, 0.25) is 0 Å². The number of aromatic amines is 1. The normalized spacial score (nSPS) is 11.8. The van der Waals surface area contributed by atoms with Gasteiger partial charge in [-0.3, -0.25) is 5.10 Å². The van der Waals surface area contributed by atoms with Gasteiger partial charge < -0.3 is 29.9 Å². The molecule has 0 spiro atoms. The number of likely N-dealkylation sites (N-methyl/N-ethyl adjacent to an activating group) is 4. The van der Waals surface area contributed by atoms with Crippen LogP contribution in [0.25, 0.3) is 22.5 Å². The van der Waals surface area contributed by atoms with Gasteiger partial charge >= 0.3 is 0 Å². The van der Waals surface area contributed by atoms with Gasteiger partial charge in [0, 0.05) is 73.8 Å². The van der Waals surface area contributed by atoms with Gasteiger partial charge in [-0.1, -0.05) is 39.8 Å². The Bertz CT molecular complexity index is 1780. The van der Waals surface area contributed by atoms with E-state index in [4.69, 9.17) is 14.6 Å². The zero-order valence-corrected chi connectivity index (χ0v) is 31.7. The number of hydrogen-bond acceptors (Lipinski definition) is 8. The van der Waals surface area contributed by atoms with E-state index in [2.05, 4.69) is 109 Å². The molecule has 3 N–H and O–H groups in total. The van der Waals surface area contributed by atoms with Crippen molar-refractivity contribution in [1.29, 1.82) is 0 Å². The Morgan fingerprint density at radius 3 is 2.00 bits per heavy atom. The molecule has 0 saturated carbocycles. The molecule has 272 valence electrons. The van der Waals surface area contributed by atoms with Gasteiger partial charge in [-0.2, -0.15) is 10.2 Å². The molecule has 0 radical (unpaired) electrons. The first-order valence-corrected chi connectivity index (χ1v) is 18.0. The Labute approximate surface area is 304 Å². The summed E-state index contributed by atoms with van der Waals surface area (Å²) in [5, 5.41) is 19.0. The first kappa shape index (κ1) is 37.8. The van der Waals surface area contributed by atoms with Gasteiger partial charge in [0.15, 0.2) is 6.73 Å². The first-order valence-electron chi connectivity index (χ1n) is 18.0. The molecule has 2 aromatic heterocycles. The van der Waals surface area contributed by atoms with E-state index in [1.165, 1.54) is 16.7 Å². The van der Waals surface area contributed by atoms with Gasteiger partial charge in [0.2, 0.25) is 0 Å². The third-order valence-corrected chi connectivity index (χ3v) is 9.06. The van der Waals surface area contributed by atoms with Gasteiger partial charge in [0.25, 0.3) is 0 Å². The van der Waals surface area contributed by atoms with Crippen molar-refractivity contribution in [2.24, 2.45) is 0 Å². The van der Waals surface area contributed by atoms with Crippen molar-refractivity contribution < 1.29 is 9.47 Å². The molecule has 0 aliphatic rings. The maximum atomic E-state index is 6.28. The summed E-state index contributed by atoms with van der Waals surface area (Å²) in [6, 6.07) is 22.8.